The highest BCUT2D eigenvalue weighted by molar-refractivity contribution is 8.00. The van der Waals surface area contributed by atoms with Crippen molar-refractivity contribution in [2.24, 2.45) is 0 Å². The van der Waals surface area contributed by atoms with Crippen molar-refractivity contribution < 1.29 is 0 Å². The van der Waals surface area contributed by atoms with Crippen LogP contribution in [0.1, 0.15) is 37.3 Å². The van der Waals surface area contributed by atoms with Crippen molar-refractivity contribution >= 4 is 29.1 Å². The number of hydrogen-bond acceptors (Lipinski definition) is 7. The largest absolute Gasteiger partial charge is 0.373 e. The molecule has 2 heterocycles. The minimum Gasteiger partial charge on any atom is -0.373 e. The highest BCUT2D eigenvalue weighted by Gasteiger charge is 2.27. The third-order valence-electron chi connectivity index (χ3n) is 2.88. The van der Waals surface area contributed by atoms with Gasteiger partial charge in [-0.05, 0) is 36.1 Å². The molecule has 0 saturated heterocycles. The Morgan fingerprint density at radius 1 is 1.37 bits per heavy atom. The molecule has 0 bridgehead atoms. The smallest absolute Gasteiger partial charge is 0.176 e. The summed E-state index contributed by atoms with van der Waals surface area (Å²) in [6.45, 7) is 2.06. The molecule has 2 aromatic rings. The van der Waals surface area contributed by atoms with Gasteiger partial charge >= 0.3 is 0 Å². The Balaban J connectivity index is 1.84. The van der Waals surface area contributed by atoms with Crippen LogP contribution < -0.4 is 5.32 Å². The summed E-state index contributed by atoms with van der Waals surface area (Å²) in [5.74, 6) is 3.28. The average Bonchev–Trinajstić information content (AvgIpc) is 3.19. The minimum absolute atomic E-state index is 0.549. The van der Waals surface area contributed by atoms with Gasteiger partial charge in [0.25, 0.3) is 0 Å². The van der Waals surface area contributed by atoms with Crippen LogP contribution in [0.25, 0.3) is 0 Å². The number of nitrogens with zero attached hydrogens (tertiary/aromatic N) is 4. The van der Waals surface area contributed by atoms with E-state index in [-0.39, 0.29) is 0 Å². The van der Waals surface area contributed by atoms with E-state index in [1.807, 2.05) is 13.1 Å². The molecule has 0 radical (unpaired) electrons. The van der Waals surface area contributed by atoms with Crippen LogP contribution in [-0.4, -0.2) is 26.4 Å². The molecule has 100 valence electrons. The van der Waals surface area contributed by atoms with Gasteiger partial charge in [-0.25, -0.2) is 15.0 Å². The monoisotopic (exact) mass is 293 g/mol. The first-order chi connectivity index (χ1) is 9.28. The van der Waals surface area contributed by atoms with Crippen LogP contribution in [0, 0.1) is 0 Å². The molecule has 0 aromatic carbocycles. The number of aromatic nitrogens is 4. The average molecular weight is 293 g/mol. The van der Waals surface area contributed by atoms with E-state index in [9.17, 15) is 0 Å². The van der Waals surface area contributed by atoms with E-state index in [0.717, 1.165) is 33.3 Å². The zero-order valence-electron chi connectivity index (χ0n) is 10.9. The lowest BCUT2D eigenvalue weighted by Gasteiger charge is -2.05. The molecule has 3 rings (SSSR count). The molecule has 19 heavy (non-hydrogen) atoms. The Labute approximate surface area is 120 Å². The Morgan fingerprint density at radius 3 is 2.84 bits per heavy atom. The van der Waals surface area contributed by atoms with Gasteiger partial charge in [-0.15, -0.1) is 0 Å². The lowest BCUT2D eigenvalue weighted by Crippen LogP contribution is -2.00. The number of aryl methyl sites for hydroxylation is 1. The van der Waals surface area contributed by atoms with Gasteiger partial charge in [0, 0.05) is 25.5 Å². The molecular weight excluding hydrogens is 278 g/mol. The first-order valence-corrected chi connectivity index (χ1v) is 7.94. The predicted molar refractivity (Wildman–Crippen MR) is 77.0 cm³/mol. The highest BCUT2D eigenvalue weighted by atomic mass is 32.2. The molecule has 1 aliphatic rings. The number of anilines is 1. The van der Waals surface area contributed by atoms with Gasteiger partial charge in [0.15, 0.2) is 4.34 Å². The summed E-state index contributed by atoms with van der Waals surface area (Å²) >= 11 is 3.00. The van der Waals surface area contributed by atoms with E-state index in [4.69, 9.17) is 0 Å². The molecule has 1 N–H and O–H groups in total. The summed E-state index contributed by atoms with van der Waals surface area (Å²) in [6, 6.07) is 1.96. The first kappa shape index (κ1) is 12.8. The maximum Gasteiger partial charge on any atom is 0.176 e. The van der Waals surface area contributed by atoms with E-state index < -0.39 is 0 Å². The van der Waals surface area contributed by atoms with Crippen molar-refractivity contribution in [2.45, 2.75) is 41.5 Å². The van der Waals surface area contributed by atoms with Crippen LogP contribution in [0.5, 0.6) is 0 Å². The number of rotatable bonds is 5. The van der Waals surface area contributed by atoms with Gasteiger partial charge < -0.3 is 5.32 Å². The molecular formula is C12H15N5S2. The van der Waals surface area contributed by atoms with E-state index >= 15 is 0 Å². The number of nitrogens with one attached hydrogen (secondary N) is 1. The normalized spacial score (nSPS) is 14.6. The van der Waals surface area contributed by atoms with Crippen LogP contribution in [-0.2, 0) is 6.42 Å². The fourth-order valence-corrected chi connectivity index (χ4v) is 3.32. The molecule has 0 spiro atoms. The number of hydrogen-bond donors (Lipinski definition) is 1. The van der Waals surface area contributed by atoms with Gasteiger partial charge in [0.05, 0.1) is 0 Å². The molecule has 0 aliphatic heterocycles. The molecule has 0 atom stereocenters. The van der Waals surface area contributed by atoms with E-state index in [0.29, 0.717) is 5.92 Å². The van der Waals surface area contributed by atoms with Crippen molar-refractivity contribution in [2.75, 3.05) is 12.4 Å². The lowest BCUT2D eigenvalue weighted by atomic mass is 10.4. The topological polar surface area (TPSA) is 63.6 Å². The maximum absolute atomic E-state index is 4.62. The Hall–Kier alpha value is -1.21. The van der Waals surface area contributed by atoms with Gasteiger partial charge in [-0.1, -0.05) is 6.92 Å². The van der Waals surface area contributed by atoms with Gasteiger partial charge in [0.2, 0.25) is 0 Å². The maximum atomic E-state index is 4.62. The molecule has 1 aliphatic carbocycles. The first-order valence-electron chi connectivity index (χ1n) is 6.35. The highest BCUT2D eigenvalue weighted by Crippen LogP contribution is 2.39. The third-order valence-corrected chi connectivity index (χ3v) is 4.58. The summed E-state index contributed by atoms with van der Waals surface area (Å²) in [4.78, 5) is 13.6. The van der Waals surface area contributed by atoms with Crippen molar-refractivity contribution in [3.05, 3.63) is 17.7 Å². The second-order valence-electron chi connectivity index (χ2n) is 4.41. The van der Waals surface area contributed by atoms with Crippen molar-refractivity contribution in [3.8, 4) is 0 Å². The lowest BCUT2D eigenvalue weighted by molar-refractivity contribution is 0.879. The molecule has 0 amide bonds. The Bertz CT molecular complexity index is 579. The quantitative estimate of drug-likeness (QED) is 0.855. The molecule has 2 aromatic heterocycles. The summed E-state index contributed by atoms with van der Waals surface area (Å²) in [6.07, 6.45) is 3.28. The van der Waals surface area contributed by atoms with E-state index in [1.165, 1.54) is 24.4 Å². The molecule has 0 unspecified atom stereocenters. The second kappa shape index (κ2) is 5.42. The summed E-state index contributed by atoms with van der Waals surface area (Å²) in [5.41, 5.74) is 0. The summed E-state index contributed by atoms with van der Waals surface area (Å²) in [7, 11) is 1.88. The second-order valence-corrected chi connectivity index (χ2v) is 6.43. The van der Waals surface area contributed by atoms with E-state index in [1.54, 1.807) is 11.8 Å². The summed E-state index contributed by atoms with van der Waals surface area (Å²) < 4.78 is 5.24. The fourth-order valence-electron chi connectivity index (χ4n) is 1.66. The molecule has 5 nitrogen and oxygen atoms in total. The van der Waals surface area contributed by atoms with Crippen LogP contribution in [0.15, 0.2) is 15.4 Å². The molecule has 7 heteroatoms. The molecule has 1 saturated carbocycles. The molecule has 1 fully saturated rings. The van der Waals surface area contributed by atoms with Crippen LogP contribution in [0.4, 0.5) is 5.82 Å². The minimum atomic E-state index is 0.549. The zero-order chi connectivity index (χ0) is 13.2. The SMILES string of the molecule is CCc1nsc(Sc2cc(NC)nc(C3CC3)n2)n1. The van der Waals surface area contributed by atoms with Gasteiger partial charge in [-0.2, -0.15) is 4.37 Å². The zero-order valence-corrected chi connectivity index (χ0v) is 12.5. The van der Waals surface area contributed by atoms with Crippen molar-refractivity contribution in [1.82, 2.24) is 19.3 Å². The van der Waals surface area contributed by atoms with Crippen molar-refractivity contribution in [1.29, 1.82) is 0 Å². The summed E-state index contributed by atoms with van der Waals surface area (Å²) in [5, 5.41) is 4.04. The Morgan fingerprint density at radius 2 is 2.21 bits per heavy atom. The van der Waals surface area contributed by atoms with Crippen LogP contribution in [0.3, 0.4) is 0 Å². The Kier molecular flexibility index (Phi) is 3.65. The fraction of sp³-hybridized carbons (Fsp3) is 0.500. The van der Waals surface area contributed by atoms with Crippen LogP contribution in [0.2, 0.25) is 0 Å². The predicted octanol–water partition coefficient (Wildman–Crippen LogP) is 2.96. The third kappa shape index (κ3) is 3.03. The van der Waals surface area contributed by atoms with E-state index in [2.05, 4.69) is 31.6 Å². The standard InChI is InChI=1S/C12H15N5S2/c1-3-8-15-12(19-17-8)18-10-6-9(13-2)14-11(16-10)7-4-5-7/h6-7H,3-5H2,1-2H3,(H,13,14,16). The van der Waals surface area contributed by atoms with Crippen molar-refractivity contribution in [3.63, 3.8) is 0 Å². The van der Waals surface area contributed by atoms with Crippen LogP contribution >= 0.6 is 23.3 Å². The van der Waals surface area contributed by atoms with Gasteiger partial charge in [-0.3, -0.25) is 0 Å². The van der Waals surface area contributed by atoms with Gasteiger partial charge in [0.1, 0.15) is 22.5 Å².